The van der Waals surface area contributed by atoms with E-state index in [1.54, 1.807) is 25.3 Å². The van der Waals surface area contributed by atoms with Gasteiger partial charge in [-0.05, 0) is 31.5 Å². The predicted molar refractivity (Wildman–Crippen MR) is 79.6 cm³/mol. The van der Waals surface area contributed by atoms with Crippen LogP contribution in [0.4, 0.5) is 0 Å². The Kier molecular flexibility index (Phi) is 4.52. The first-order valence-corrected chi connectivity index (χ1v) is 8.08. The summed E-state index contributed by atoms with van der Waals surface area (Å²) in [5.74, 6) is -0.0220. The number of aryl methyl sites for hydroxylation is 1. The summed E-state index contributed by atoms with van der Waals surface area (Å²) in [6.45, 7) is 3.73. The van der Waals surface area contributed by atoms with Crippen molar-refractivity contribution < 1.29 is 8.42 Å². The first-order chi connectivity index (χ1) is 9.46. The fourth-order valence-electron chi connectivity index (χ4n) is 2.02. The molecule has 0 saturated carbocycles. The van der Waals surface area contributed by atoms with E-state index in [1.807, 2.05) is 37.3 Å². The second-order valence-electron chi connectivity index (χ2n) is 4.84. The van der Waals surface area contributed by atoms with E-state index in [9.17, 15) is 8.42 Å². The van der Waals surface area contributed by atoms with Crippen LogP contribution >= 0.6 is 0 Å². The fraction of sp³-hybridized carbons (Fsp3) is 0.267. The predicted octanol–water partition coefficient (Wildman–Crippen LogP) is 2.57. The molecule has 20 heavy (non-hydrogen) atoms. The van der Waals surface area contributed by atoms with Crippen molar-refractivity contribution in [2.24, 2.45) is 0 Å². The normalized spacial score (nSPS) is 13.1. The molecule has 2 aromatic rings. The van der Waals surface area contributed by atoms with Gasteiger partial charge in [0.25, 0.3) is 0 Å². The number of benzene rings is 1. The monoisotopic (exact) mass is 290 g/mol. The lowest BCUT2D eigenvalue weighted by Crippen LogP contribution is -2.28. The Hall–Kier alpha value is -1.72. The van der Waals surface area contributed by atoms with E-state index in [0.717, 1.165) is 11.1 Å². The molecule has 0 radical (unpaired) electrons. The largest absolute Gasteiger partial charge is 0.260 e. The highest BCUT2D eigenvalue weighted by Gasteiger charge is 2.17. The van der Waals surface area contributed by atoms with Crippen molar-refractivity contribution in [1.82, 2.24) is 9.71 Å². The average Bonchev–Trinajstić information content (AvgIpc) is 2.38. The van der Waals surface area contributed by atoms with E-state index in [4.69, 9.17) is 0 Å². The Morgan fingerprint density at radius 3 is 2.65 bits per heavy atom. The summed E-state index contributed by atoms with van der Waals surface area (Å²) in [7, 11) is -3.39. The zero-order chi connectivity index (χ0) is 14.6. The van der Waals surface area contributed by atoms with Gasteiger partial charge in [-0.15, -0.1) is 0 Å². The maximum Gasteiger partial charge on any atom is 0.216 e. The van der Waals surface area contributed by atoms with Crippen LogP contribution in [0.15, 0.2) is 48.7 Å². The summed E-state index contributed by atoms with van der Waals surface area (Å²) in [4.78, 5) is 4.16. The molecule has 0 aliphatic carbocycles. The highest BCUT2D eigenvalue weighted by Crippen LogP contribution is 2.13. The van der Waals surface area contributed by atoms with Crippen LogP contribution in [-0.4, -0.2) is 13.4 Å². The fourth-order valence-corrected chi connectivity index (χ4v) is 3.39. The summed E-state index contributed by atoms with van der Waals surface area (Å²) >= 11 is 0. The van der Waals surface area contributed by atoms with Gasteiger partial charge in [-0.25, -0.2) is 13.1 Å². The van der Waals surface area contributed by atoms with Crippen molar-refractivity contribution in [2.75, 3.05) is 0 Å². The van der Waals surface area contributed by atoms with Gasteiger partial charge in [0.2, 0.25) is 10.0 Å². The number of rotatable bonds is 5. The molecule has 0 saturated heterocycles. The summed E-state index contributed by atoms with van der Waals surface area (Å²) in [6.07, 6.45) is 1.65. The number of nitrogens with one attached hydrogen (secondary N) is 1. The molecule has 5 heteroatoms. The molecule has 0 amide bonds. The van der Waals surface area contributed by atoms with E-state index in [1.165, 1.54) is 0 Å². The van der Waals surface area contributed by atoms with E-state index in [2.05, 4.69) is 9.71 Å². The van der Waals surface area contributed by atoms with Crippen molar-refractivity contribution in [1.29, 1.82) is 0 Å². The van der Waals surface area contributed by atoms with Gasteiger partial charge in [0, 0.05) is 6.20 Å². The molecular weight excluding hydrogens is 272 g/mol. The molecule has 0 bridgehead atoms. The van der Waals surface area contributed by atoms with E-state index in [-0.39, 0.29) is 11.8 Å². The van der Waals surface area contributed by atoms with Crippen LogP contribution in [0.3, 0.4) is 0 Å². The molecule has 1 heterocycles. The molecule has 1 N–H and O–H groups in total. The molecule has 2 rings (SSSR count). The molecule has 0 aliphatic rings. The maximum atomic E-state index is 12.2. The quantitative estimate of drug-likeness (QED) is 0.920. The topological polar surface area (TPSA) is 59.1 Å². The maximum absolute atomic E-state index is 12.2. The third kappa shape index (κ3) is 4.15. The lowest BCUT2D eigenvalue weighted by atomic mass is 10.2. The lowest BCUT2D eigenvalue weighted by molar-refractivity contribution is 0.563. The average molecular weight is 290 g/mol. The first kappa shape index (κ1) is 14.7. The number of pyridine rings is 1. The van der Waals surface area contributed by atoms with Crippen LogP contribution < -0.4 is 4.72 Å². The Labute approximate surface area is 119 Å². The highest BCUT2D eigenvalue weighted by molar-refractivity contribution is 7.88. The van der Waals surface area contributed by atoms with Gasteiger partial charge < -0.3 is 0 Å². The Balaban J connectivity index is 2.08. The van der Waals surface area contributed by atoms with Crippen molar-refractivity contribution in [2.45, 2.75) is 25.6 Å². The van der Waals surface area contributed by atoms with Gasteiger partial charge in [0.1, 0.15) is 0 Å². The van der Waals surface area contributed by atoms with Crippen molar-refractivity contribution in [3.05, 3.63) is 65.5 Å². The Bertz CT molecular complexity index is 669. The number of sulfonamides is 1. The van der Waals surface area contributed by atoms with Gasteiger partial charge in [0.05, 0.1) is 17.5 Å². The summed E-state index contributed by atoms with van der Waals surface area (Å²) in [6, 6.07) is 12.6. The minimum Gasteiger partial charge on any atom is -0.260 e. The molecule has 0 spiro atoms. The Morgan fingerprint density at radius 2 is 2.00 bits per heavy atom. The molecule has 4 nitrogen and oxygen atoms in total. The highest BCUT2D eigenvalue weighted by atomic mass is 32.2. The molecule has 1 aromatic carbocycles. The van der Waals surface area contributed by atoms with E-state index in [0.29, 0.717) is 5.69 Å². The van der Waals surface area contributed by atoms with Crippen LogP contribution in [0.5, 0.6) is 0 Å². The van der Waals surface area contributed by atoms with Crippen LogP contribution in [0.25, 0.3) is 0 Å². The van der Waals surface area contributed by atoms with E-state index >= 15 is 0 Å². The van der Waals surface area contributed by atoms with Crippen LogP contribution in [0.1, 0.15) is 29.8 Å². The van der Waals surface area contributed by atoms with E-state index < -0.39 is 10.0 Å². The zero-order valence-electron chi connectivity index (χ0n) is 11.6. The molecule has 0 fully saturated rings. The van der Waals surface area contributed by atoms with Gasteiger partial charge >= 0.3 is 0 Å². The minimum absolute atomic E-state index is 0.0220. The van der Waals surface area contributed by atoms with Gasteiger partial charge in [0.15, 0.2) is 0 Å². The summed E-state index contributed by atoms with van der Waals surface area (Å²) in [5.41, 5.74) is 2.54. The van der Waals surface area contributed by atoms with Crippen molar-refractivity contribution >= 4 is 10.0 Å². The smallest absolute Gasteiger partial charge is 0.216 e. The second-order valence-corrected chi connectivity index (χ2v) is 6.60. The second kappa shape index (κ2) is 6.15. The molecular formula is C15H18N2O2S. The molecule has 0 aliphatic heterocycles. The van der Waals surface area contributed by atoms with Crippen LogP contribution in [-0.2, 0) is 15.8 Å². The summed E-state index contributed by atoms with van der Waals surface area (Å²) < 4.78 is 27.0. The number of nitrogens with zero attached hydrogens (tertiary/aromatic N) is 1. The number of hydrogen-bond donors (Lipinski definition) is 1. The molecule has 1 aromatic heterocycles. The first-order valence-electron chi connectivity index (χ1n) is 6.43. The molecule has 1 unspecified atom stereocenters. The molecule has 1 atom stereocenters. The van der Waals surface area contributed by atoms with Gasteiger partial charge in [-0.2, -0.15) is 0 Å². The standard InChI is InChI=1S/C15H18N2O2S/c1-12-6-5-7-14(10-12)11-20(18,19)17-13(2)15-8-3-4-9-16-15/h3-10,13,17H,11H2,1-2H3. The van der Waals surface area contributed by atoms with Crippen LogP contribution in [0.2, 0.25) is 0 Å². The van der Waals surface area contributed by atoms with Crippen molar-refractivity contribution in [3.8, 4) is 0 Å². The third-order valence-corrected chi connectivity index (χ3v) is 4.35. The van der Waals surface area contributed by atoms with Gasteiger partial charge in [-0.3, -0.25) is 4.98 Å². The van der Waals surface area contributed by atoms with Crippen molar-refractivity contribution in [3.63, 3.8) is 0 Å². The zero-order valence-corrected chi connectivity index (χ0v) is 12.4. The number of aromatic nitrogens is 1. The van der Waals surface area contributed by atoms with Crippen LogP contribution in [0, 0.1) is 6.92 Å². The SMILES string of the molecule is Cc1cccc(CS(=O)(=O)NC(C)c2ccccn2)c1. The third-order valence-electron chi connectivity index (χ3n) is 2.93. The minimum atomic E-state index is -3.39. The number of hydrogen-bond acceptors (Lipinski definition) is 3. The lowest BCUT2D eigenvalue weighted by Gasteiger charge is -2.13. The van der Waals surface area contributed by atoms with Gasteiger partial charge in [-0.1, -0.05) is 35.9 Å². The molecule has 106 valence electrons. The summed E-state index contributed by atoms with van der Waals surface area (Å²) in [5, 5.41) is 0. The Morgan fingerprint density at radius 1 is 1.20 bits per heavy atom.